The number of carbonyl (C=O) groups is 4. The van der Waals surface area contributed by atoms with Crippen LogP contribution in [-0.2, 0) is 20.8 Å². The van der Waals surface area contributed by atoms with Crippen LogP contribution in [0.2, 0.25) is 0 Å². The van der Waals surface area contributed by atoms with Crippen molar-refractivity contribution in [3.63, 3.8) is 0 Å². The van der Waals surface area contributed by atoms with Crippen molar-refractivity contribution >= 4 is 47.3 Å². The first-order valence-electron chi connectivity index (χ1n) is 11.5. The molecule has 3 amide bonds. The Bertz CT molecular complexity index is 1280. The number of halogens is 2. The number of amides is 3. The lowest BCUT2D eigenvalue weighted by Gasteiger charge is -2.37. The Kier molecular flexibility index (Phi) is 8.29. The second-order valence-electron chi connectivity index (χ2n) is 8.65. The number of benzene rings is 1. The van der Waals surface area contributed by atoms with Crippen molar-refractivity contribution in [3.8, 4) is 5.75 Å². The summed E-state index contributed by atoms with van der Waals surface area (Å²) in [5.41, 5.74) is 5.98. The van der Waals surface area contributed by atoms with Crippen LogP contribution in [0.5, 0.6) is 5.75 Å². The van der Waals surface area contributed by atoms with Gasteiger partial charge < -0.3 is 35.8 Å². The summed E-state index contributed by atoms with van der Waals surface area (Å²) in [6.07, 6.45) is -4.75. The largest absolute Gasteiger partial charge is 0.547 e. The highest BCUT2D eigenvalue weighted by atomic mass is 32.1. The minimum absolute atomic E-state index is 0.00305. The van der Waals surface area contributed by atoms with Crippen molar-refractivity contribution in [1.29, 1.82) is 0 Å². The Labute approximate surface area is 223 Å². The van der Waals surface area contributed by atoms with Crippen molar-refractivity contribution in [2.75, 3.05) is 25.4 Å². The van der Waals surface area contributed by atoms with E-state index in [1.807, 2.05) is 0 Å². The van der Waals surface area contributed by atoms with Crippen LogP contribution in [0.25, 0.3) is 0 Å². The Hall–Kier alpha value is -3.87. The van der Waals surface area contributed by atoms with Crippen molar-refractivity contribution in [2.24, 2.45) is 0 Å². The fourth-order valence-corrected chi connectivity index (χ4v) is 4.80. The molecule has 2 unspecified atom stereocenters. The number of aromatic carboxylic acids is 1. The number of fused-ring (bicyclic) bond motifs is 1. The van der Waals surface area contributed by atoms with Gasteiger partial charge in [0.25, 0.3) is 6.43 Å². The normalized spacial score (nSPS) is 19.0. The van der Waals surface area contributed by atoms with E-state index in [2.05, 4.69) is 15.6 Å². The first kappa shape index (κ1) is 28.2. The molecule has 39 heavy (non-hydrogen) atoms. The Balaban J connectivity index is 1.50. The van der Waals surface area contributed by atoms with Gasteiger partial charge in [0.05, 0.1) is 23.7 Å². The Morgan fingerprint density at radius 1 is 1.28 bits per heavy atom. The fourth-order valence-electron chi connectivity index (χ4n) is 4.21. The first-order valence-corrected chi connectivity index (χ1v) is 12.4. The number of alkyl halides is 2. The molecule has 0 saturated carbocycles. The van der Waals surface area contributed by atoms with Gasteiger partial charge in [0.1, 0.15) is 11.8 Å². The molecule has 3 heterocycles. The van der Waals surface area contributed by atoms with Crippen LogP contribution in [0.15, 0.2) is 23.6 Å². The molecule has 18 heteroatoms. The molecule has 2 aliphatic rings. The molecule has 1 aromatic heterocycles. The van der Waals surface area contributed by atoms with Gasteiger partial charge in [0.2, 0.25) is 5.91 Å². The van der Waals surface area contributed by atoms with Crippen molar-refractivity contribution in [2.45, 2.75) is 31.2 Å². The molecular weight excluding hydrogens is 545 g/mol. The molecule has 3 atom stereocenters. The van der Waals surface area contributed by atoms with E-state index in [1.54, 1.807) is 6.07 Å². The number of carboxylic acid groups (broad SMARTS) is 1. The monoisotopic (exact) mass is 568 g/mol. The number of nitrogens with two attached hydrogens (primary N) is 1. The third kappa shape index (κ3) is 6.08. The van der Waals surface area contributed by atoms with E-state index in [9.17, 15) is 43.2 Å². The lowest BCUT2D eigenvalue weighted by molar-refractivity contribution is -0.167. The van der Waals surface area contributed by atoms with Gasteiger partial charge in [-0.05, 0) is 18.1 Å². The molecule has 0 aliphatic carbocycles. The van der Waals surface area contributed by atoms with E-state index in [0.717, 1.165) is 11.3 Å². The van der Waals surface area contributed by atoms with Crippen LogP contribution in [0, 0.1) is 0 Å². The van der Waals surface area contributed by atoms with Crippen LogP contribution in [0.4, 0.5) is 13.9 Å². The SMILES string of the molecule is Nc1nc(C(NC(O)N2CCN(CC(F)F)C(=O)C2=O)C(=O)N[C@H]2Cc3cccc(C(=O)O)c3OB2O)cs1. The molecule has 7 N–H and O–H groups in total. The minimum atomic E-state index is -2.85. The van der Waals surface area contributed by atoms with Gasteiger partial charge in [0.15, 0.2) is 11.5 Å². The number of hydrogen-bond donors (Lipinski definition) is 6. The molecular formula is C21H23BF2N6O8S. The lowest BCUT2D eigenvalue weighted by atomic mass is 9.72. The van der Waals surface area contributed by atoms with E-state index >= 15 is 0 Å². The number of aliphatic hydroxyl groups excluding tert-OH is 1. The topological polar surface area (TPSA) is 208 Å². The number of anilines is 1. The molecule has 1 saturated heterocycles. The van der Waals surface area contributed by atoms with Crippen molar-refractivity contribution in [1.82, 2.24) is 25.4 Å². The Morgan fingerprint density at radius 2 is 2.03 bits per heavy atom. The number of aromatic nitrogens is 1. The number of carboxylic acids is 1. The number of nitrogens with zero attached hydrogens (tertiary/aromatic N) is 3. The van der Waals surface area contributed by atoms with Gasteiger partial charge in [-0.3, -0.25) is 24.6 Å². The maximum atomic E-state index is 13.3. The van der Waals surface area contributed by atoms with Crippen LogP contribution < -0.4 is 21.0 Å². The van der Waals surface area contributed by atoms with Crippen LogP contribution in [-0.4, -0.2) is 99.2 Å². The van der Waals surface area contributed by atoms with E-state index in [4.69, 9.17) is 10.4 Å². The van der Waals surface area contributed by atoms with Gasteiger partial charge in [-0.2, -0.15) is 0 Å². The molecule has 2 aliphatic heterocycles. The maximum Gasteiger partial charge on any atom is 0.547 e. The predicted molar refractivity (Wildman–Crippen MR) is 130 cm³/mol. The zero-order valence-corrected chi connectivity index (χ0v) is 20.8. The fraction of sp³-hybridized carbons (Fsp3) is 0.381. The van der Waals surface area contributed by atoms with Crippen molar-refractivity contribution < 1.29 is 47.9 Å². The third-order valence-corrected chi connectivity index (χ3v) is 6.78. The number of nitrogens with one attached hydrogen (secondary N) is 2. The number of thiazole rings is 1. The zero-order chi connectivity index (χ0) is 28.4. The summed E-state index contributed by atoms with van der Waals surface area (Å²) in [4.78, 5) is 54.8. The molecule has 14 nitrogen and oxygen atoms in total. The summed E-state index contributed by atoms with van der Waals surface area (Å²) in [6.45, 7) is -1.50. The van der Waals surface area contributed by atoms with Gasteiger partial charge in [-0.15, -0.1) is 11.3 Å². The smallest absolute Gasteiger partial charge is 0.534 e. The molecule has 1 fully saturated rings. The summed E-state index contributed by atoms with van der Waals surface area (Å²) < 4.78 is 30.8. The van der Waals surface area contributed by atoms with E-state index in [0.29, 0.717) is 15.4 Å². The van der Waals surface area contributed by atoms with Gasteiger partial charge in [-0.1, -0.05) is 12.1 Å². The van der Waals surface area contributed by atoms with Crippen LogP contribution >= 0.6 is 11.3 Å². The number of hydrogen-bond acceptors (Lipinski definition) is 11. The number of nitrogen functional groups attached to an aromatic ring is 1. The number of para-hydroxylation sites is 1. The maximum absolute atomic E-state index is 13.3. The molecule has 208 valence electrons. The predicted octanol–water partition coefficient (Wildman–Crippen LogP) is -1.59. The average Bonchev–Trinajstić information content (AvgIpc) is 3.30. The lowest BCUT2D eigenvalue weighted by Crippen LogP contribution is -2.62. The average molecular weight is 568 g/mol. The molecule has 1 aromatic carbocycles. The van der Waals surface area contributed by atoms with E-state index in [1.165, 1.54) is 17.5 Å². The molecule has 0 bridgehead atoms. The van der Waals surface area contributed by atoms with E-state index < -0.39 is 62.1 Å². The van der Waals surface area contributed by atoms with Crippen LogP contribution in [0.1, 0.15) is 27.7 Å². The second-order valence-corrected chi connectivity index (χ2v) is 9.54. The van der Waals surface area contributed by atoms with Gasteiger partial charge in [0, 0.05) is 18.5 Å². The first-order chi connectivity index (χ1) is 18.5. The molecule has 2 aromatic rings. The highest BCUT2D eigenvalue weighted by Gasteiger charge is 2.41. The molecule has 0 spiro atoms. The third-order valence-electron chi connectivity index (χ3n) is 6.09. The number of aliphatic hydroxyl groups is 1. The summed E-state index contributed by atoms with van der Waals surface area (Å²) in [5, 5.41) is 37.1. The van der Waals surface area contributed by atoms with Crippen LogP contribution in [0.3, 0.4) is 0 Å². The number of carbonyl (C=O) groups excluding carboxylic acids is 3. The second kappa shape index (κ2) is 11.5. The van der Waals surface area contributed by atoms with E-state index in [-0.39, 0.29) is 41.6 Å². The quantitative estimate of drug-likeness (QED) is 0.115. The highest BCUT2D eigenvalue weighted by Crippen LogP contribution is 2.30. The summed E-state index contributed by atoms with van der Waals surface area (Å²) in [6, 6.07) is 2.92. The zero-order valence-electron chi connectivity index (χ0n) is 20.0. The summed E-state index contributed by atoms with van der Waals surface area (Å²) in [5.74, 6) is -5.66. The number of piperazine rings is 1. The van der Waals surface area contributed by atoms with Gasteiger partial charge in [-0.25, -0.2) is 18.6 Å². The number of rotatable bonds is 9. The summed E-state index contributed by atoms with van der Waals surface area (Å²) >= 11 is 0.984. The highest BCUT2D eigenvalue weighted by molar-refractivity contribution is 7.13. The molecule has 0 radical (unpaired) electrons. The Morgan fingerprint density at radius 3 is 2.67 bits per heavy atom. The standard InChI is InChI=1S/C21H23BF2N6O8S/c23-13(24)7-29-4-5-30(18(33)17(29)32)21(36)28-14(11-8-39-20(25)26-11)16(31)27-12-6-9-2-1-3-10(19(34)35)15(9)38-22(12)37/h1-3,8,12-14,21,28,36-37H,4-7H2,(H2,25,26)(H,27,31)(H,34,35)/t12-,14?,21?/m0/s1. The summed E-state index contributed by atoms with van der Waals surface area (Å²) in [7, 11) is -1.63. The van der Waals surface area contributed by atoms with Gasteiger partial charge >= 0.3 is 24.9 Å². The minimum Gasteiger partial charge on any atom is -0.534 e. The van der Waals surface area contributed by atoms with Crippen molar-refractivity contribution in [3.05, 3.63) is 40.4 Å². The molecule has 4 rings (SSSR count).